The van der Waals surface area contributed by atoms with E-state index in [9.17, 15) is 0 Å². The van der Waals surface area contributed by atoms with E-state index in [2.05, 4.69) is 16.0 Å². The molecule has 0 radical (unpaired) electrons. The Hall–Kier alpha value is -1.34. The predicted molar refractivity (Wildman–Crippen MR) is 69.2 cm³/mol. The number of nitriles is 1. The number of anilines is 1. The number of hydrogen-bond donors (Lipinski definition) is 0. The van der Waals surface area contributed by atoms with Gasteiger partial charge in [0.2, 0.25) is 0 Å². The standard InChI is InChI=1S/C12H17ClN4/c1-12(2,3)11-15-9(13)8-10(16-11)17(4)7-5-6-14/h8H,5,7H2,1-4H3. The first-order valence-corrected chi connectivity index (χ1v) is 5.85. The van der Waals surface area contributed by atoms with Gasteiger partial charge in [-0.25, -0.2) is 9.97 Å². The minimum absolute atomic E-state index is 0.143. The van der Waals surface area contributed by atoms with Crippen molar-refractivity contribution in [3.63, 3.8) is 0 Å². The third-order valence-corrected chi connectivity index (χ3v) is 2.50. The van der Waals surface area contributed by atoms with Gasteiger partial charge >= 0.3 is 0 Å². The highest BCUT2D eigenvalue weighted by Gasteiger charge is 2.19. The van der Waals surface area contributed by atoms with Crippen LogP contribution in [0.15, 0.2) is 6.07 Å². The summed E-state index contributed by atoms with van der Waals surface area (Å²) in [7, 11) is 1.89. The van der Waals surface area contributed by atoms with Crippen molar-refractivity contribution in [3.8, 4) is 6.07 Å². The van der Waals surface area contributed by atoms with Crippen LogP contribution in [0.4, 0.5) is 5.82 Å². The fourth-order valence-electron chi connectivity index (χ4n) is 1.27. The van der Waals surface area contributed by atoms with E-state index in [0.717, 1.165) is 5.82 Å². The average molecular weight is 253 g/mol. The third kappa shape index (κ3) is 3.86. The maximum absolute atomic E-state index is 8.57. The van der Waals surface area contributed by atoms with Crippen molar-refractivity contribution < 1.29 is 0 Å². The van der Waals surface area contributed by atoms with Crippen molar-refractivity contribution in [3.05, 3.63) is 17.0 Å². The third-order valence-electron chi connectivity index (χ3n) is 2.30. The molecule has 0 N–H and O–H groups in total. The molecule has 5 heteroatoms. The molecule has 0 bridgehead atoms. The average Bonchev–Trinajstić information content (AvgIpc) is 2.23. The summed E-state index contributed by atoms with van der Waals surface area (Å²) in [6.07, 6.45) is 0.461. The van der Waals surface area contributed by atoms with Crippen LogP contribution in [0.25, 0.3) is 0 Å². The summed E-state index contributed by atoms with van der Waals surface area (Å²) >= 11 is 5.99. The Morgan fingerprint density at radius 3 is 2.59 bits per heavy atom. The molecule has 0 aliphatic carbocycles. The van der Waals surface area contributed by atoms with E-state index >= 15 is 0 Å². The molecule has 0 atom stereocenters. The number of hydrogen-bond acceptors (Lipinski definition) is 4. The Bertz CT molecular complexity index is 431. The van der Waals surface area contributed by atoms with Crippen LogP contribution in [0, 0.1) is 11.3 Å². The first-order chi connectivity index (χ1) is 7.84. The molecule has 0 unspecified atom stereocenters. The molecule has 92 valence electrons. The summed E-state index contributed by atoms with van der Waals surface area (Å²) in [6, 6.07) is 3.83. The second-order valence-corrected chi connectivity index (χ2v) is 5.34. The Kier molecular flexibility index (Phi) is 4.30. The Morgan fingerprint density at radius 1 is 1.41 bits per heavy atom. The van der Waals surface area contributed by atoms with Gasteiger partial charge in [-0.2, -0.15) is 5.26 Å². The quantitative estimate of drug-likeness (QED) is 0.777. The number of aromatic nitrogens is 2. The summed E-state index contributed by atoms with van der Waals surface area (Å²) < 4.78 is 0. The molecule has 0 amide bonds. The summed E-state index contributed by atoms with van der Waals surface area (Å²) in [5, 5.41) is 9.00. The summed E-state index contributed by atoms with van der Waals surface area (Å²) in [5.74, 6) is 1.47. The second-order valence-electron chi connectivity index (χ2n) is 4.95. The molecule has 0 saturated carbocycles. The minimum Gasteiger partial charge on any atom is -0.358 e. The largest absolute Gasteiger partial charge is 0.358 e. The van der Waals surface area contributed by atoms with Gasteiger partial charge in [-0.3, -0.25) is 0 Å². The van der Waals surface area contributed by atoms with Crippen LogP contribution in [0.2, 0.25) is 5.15 Å². The Labute approximate surface area is 107 Å². The van der Waals surface area contributed by atoms with E-state index in [1.54, 1.807) is 6.07 Å². The molecule has 0 aliphatic heterocycles. The zero-order chi connectivity index (χ0) is 13.1. The van der Waals surface area contributed by atoms with E-state index in [1.807, 2.05) is 32.7 Å². The van der Waals surface area contributed by atoms with Crippen LogP contribution in [0.3, 0.4) is 0 Å². The van der Waals surface area contributed by atoms with Gasteiger partial charge < -0.3 is 4.90 Å². The normalized spacial score (nSPS) is 11.1. The zero-order valence-electron chi connectivity index (χ0n) is 10.7. The Balaban J connectivity index is 3.02. The molecule has 17 heavy (non-hydrogen) atoms. The lowest BCUT2D eigenvalue weighted by Gasteiger charge is -2.21. The zero-order valence-corrected chi connectivity index (χ0v) is 11.4. The van der Waals surface area contributed by atoms with E-state index in [4.69, 9.17) is 16.9 Å². The molecule has 1 aromatic heterocycles. The molecule has 0 aromatic carbocycles. The molecule has 0 saturated heterocycles. The van der Waals surface area contributed by atoms with Crippen LogP contribution in [0.5, 0.6) is 0 Å². The van der Waals surface area contributed by atoms with E-state index < -0.39 is 0 Å². The molecular weight excluding hydrogens is 236 g/mol. The van der Waals surface area contributed by atoms with Crippen LogP contribution in [-0.4, -0.2) is 23.6 Å². The van der Waals surface area contributed by atoms with Gasteiger partial charge in [-0.15, -0.1) is 0 Å². The fraction of sp³-hybridized carbons (Fsp3) is 0.583. The minimum atomic E-state index is -0.143. The van der Waals surface area contributed by atoms with Crippen molar-refractivity contribution >= 4 is 17.4 Å². The highest BCUT2D eigenvalue weighted by molar-refractivity contribution is 6.29. The van der Waals surface area contributed by atoms with E-state index in [-0.39, 0.29) is 5.41 Å². The molecule has 1 rings (SSSR count). The first kappa shape index (κ1) is 13.7. The topological polar surface area (TPSA) is 52.8 Å². The van der Waals surface area contributed by atoms with E-state index in [0.29, 0.717) is 23.9 Å². The van der Waals surface area contributed by atoms with Crippen molar-refractivity contribution in [1.82, 2.24) is 9.97 Å². The highest BCUT2D eigenvalue weighted by Crippen LogP contribution is 2.23. The predicted octanol–water partition coefficient (Wildman–Crippen LogP) is 2.78. The second kappa shape index (κ2) is 5.33. The first-order valence-electron chi connectivity index (χ1n) is 5.47. The van der Waals surface area contributed by atoms with Gasteiger partial charge in [0.05, 0.1) is 12.5 Å². The lowest BCUT2D eigenvalue weighted by atomic mass is 9.96. The molecule has 0 fully saturated rings. The maximum Gasteiger partial charge on any atom is 0.137 e. The van der Waals surface area contributed by atoms with Crippen molar-refractivity contribution in [1.29, 1.82) is 5.26 Å². The molecule has 1 aromatic rings. The van der Waals surface area contributed by atoms with E-state index in [1.165, 1.54) is 0 Å². The monoisotopic (exact) mass is 252 g/mol. The molecular formula is C12H17ClN4. The molecule has 0 spiro atoms. The van der Waals surface area contributed by atoms with Gasteiger partial charge in [0.1, 0.15) is 16.8 Å². The van der Waals surface area contributed by atoms with Crippen LogP contribution in [-0.2, 0) is 5.41 Å². The highest BCUT2D eigenvalue weighted by atomic mass is 35.5. The van der Waals surface area contributed by atoms with Gasteiger partial charge in [-0.1, -0.05) is 32.4 Å². The summed E-state index contributed by atoms with van der Waals surface area (Å²) in [6.45, 7) is 6.75. The van der Waals surface area contributed by atoms with Crippen LogP contribution in [0.1, 0.15) is 33.0 Å². The lowest BCUT2D eigenvalue weighted by molar-refractivity contribution is 0.544. The Morgan fingerprint density at radius 2 is 2.06 bits per heavy atom. The summed E-state index contributed by atoms with van der Waals surface area (Å²) in [5.41, 5.74) is -0.143. The molecule has 4 nitrogen and oxygen atoms in total. The number of halogens is 1. The van der Waals surface area contributed by atoms with Gasteiger partial charge in [0.15, 0.2) is 0 Å². The van der Waals surface area contributed by atoms with Gasteiger partial charge in [0, 0.05) is 25.1 Å². The smallest absolute Gasteiger partial charge is 0.137 e. The van der Waals surface area contributed by atoms with Crippen molar-refractivity contribution in [2.24, 2.45) is 0 Å². The molecule has 0 aliphatic rings. The molecule has 1 heterocycles. The fourth-order valence-corrected chi connectivity index (χ4v) is 1.45. The SMILES string of the molecule is CN(CCC#N)c1cc(Cl)nc(C(C)(C)C)n1. The maximum atomic E-state index is 8.57. The van der Waals surface area contributed by atoms with Crippen LogP contribution < -0.4 is 4.90 Å². The number of nitrogens with zero attached hydrogens (tertiary/aromatic N) is 4. The van der Waals surface area contributed by atoms with Crippen molar-refractivity contribution in [2.75, 3.05) is 18.5 Å². The lowest BCUT2D eigenvalue weighted by Crippen LogP contribution is -2.23. The number of rotatable bonds is 3. The van der Waals surface area contributed by atoms with Gasteiger partial charge in [-0.05, 0) is 0 Å². The van der Waals surface area contributed by atoms with Gasteiger partial charge in [0.25, 0.3) is 0 Å². The summed E-state index contributed by atoms with van der Waals surface area (Å²) in [4.78, 5) is 10.6. The van der Waals surface area contributed by atoms with Crippen molar-refractivity contribution in [2.45, 2.75) is 32.6 Å². The van der Waals surface area contributed by atoms with Crippen LogP contribution >= 0.6 is 11.6 Å².